The molecule has 0 saturated heterocycles. The monoisotopic (exact) mass is 470 g/mol. The highest BCUT2D eigenvalue weighted by Gasteiger charge is 2.15. The smallest absolute Gasteiger partial charge is 0.272 e. The van der Waals surface area contributed by atoms with Crippen LogP contribution in [0.4, 0.5) is 5.69 Å². The number of thiophene rings is 1. The van der Waals surface area contributed by atoms with Gasteiger partial charge >= 0.3 is 0 Å². The van der Waals surface area contributed by atoms with E-state index in [4.69, 9.17) is 0 Å². The standard InChI is InChI=1S/C27H22N2O2S2/c30-26(21-8-3-1-4-9-21)29-25(18-24-12-7-17-32-24)27(31)28-22-15-13-20(14-16-22)19-33-23-10-5-2-6-11-23/h1-18H,19H2,(H,28,31)(H,29,30)/b25-18-. The van der Waals surface area contributed by atoms with E-state index in [0.29, 0.717) is 11.3 Å². The fourth-order valence-corrected chi connectivity index (χ4v) is 4.56. The van der Waals surface area contributed by atoms with E-state index in [2.05, 4.69) is 22.8 Å². The predicted octanol–water partition coefficient (Wildman–Crippen LogP) is 6.45. The second kappa shape index (κ2) is 11.3. The molecule has 0 aliphatic carbocycles. The molecule has 4 rings (SSSR count). The summed E-state index contributed by atoms with van der Waals surface area (Å²) in [4.78, 5) is 27.7. The van der Waals surface area contributed by atoms with Crippen LogP contribution in [0.2, 0.25) is 0 Å². The van der Waals surface area contributed by atoms with Crippen molar-refractivity contribution in [3.63, 3.8) is 0 Å². The minimum atomic E-state index is -0.376. The SMILES string of the molecule is O=C(Nc1ccc(CSc2ccccc2)cc1)/C(=C/c1cccs1)NC(=O)c1ccccc1. The topological polar surface area (TPSA) is 58.2 Å². The third-order valence-corrected chi connectivity index (χ3v) is 6.62. The Balaban J connectivity index is 1.43. The normalized spacial score (nSPS) is 11.1. The quantitative estimate of drug-likeness (QED) is 0.230. The average Bonchev–Trinajstić information content (AvgIpc) is 3.37. The van der Waals surface area contributed by atoms with E-state index in [0.717, 1.165) is 16.2 Å². The van der Waals surface area contributed by atoms with E-state index in [1.54, 1.807) is 42.1 Å². The highest BCUT2D eigenvalue weighted by atomic mass is 32.2. The first-order chi connectivity index (χ1) is 16.2. The predicted molar refractivity (Wildman–Crippen MR) is 137 cm³/mol. The minimum absolute atomic E-state index is 0.190. The summed E-state index contributed by atoms with van der Waals surface area (Å²) in [6.45, 7) is 0. The molecule has 0 bridgehead atoms. The number of amides is 2. The summed E-state index contributed by atoms with van der Waals surface area (Å²) in [6, 6.07) is 30.6. The molecule has 4 nitrogen and oxygen atoms in total. The van der Waals surface area contributed by atoms with Crippen molar-refractivity contribution in [1.82, 2.24) is 5.32 Å². The molecule has 6 heteroatoms. The van der Waals surface area contributed by atoms with Crippen LogP contribution in [0.15, 0.2) is 113 Å². The average molecular weight is 471 g/mol. The molecule has 0 atom stereocenters. The molecule has 2 N–H and O–H groups in total. The van der Waals surface area contributed by atoms with Crippen molar-refractivity contribution >= 4 is 46.7 Å². The van der Waals surface area contributed by atoms with Gasteiger partial charge in [-0.1, -0.05) is 54.6 Å². The van der Waals surface area contributed by atoms with Gasteiger partial charge in [-0.3, -0.25) is 9.59 Å². The largest absolute Gasteiger partial charge is 0.321 e. The van der Waals surface area contributed by atoms with Crippen LogP contribution in [0.1, 0.15) is 20.8 Å². The molecular weight excluding hydrogens is 448 g/mol. The molecule has 2 amide bonds. The molecule has 164 valence electrons. The van der Waals surface area contributed by atoms with Crippen molar-refractivity contribution in [1.29, 1.82) is 0 Å². The van der Waals surface area contributed by atoms with Gasteiger partial charge in [-0.15, -0.1) is 23.1 Å². The van der Waals surface area contributed by atoms with Crippen molar-refractivity contribution in [2.45, 2.75) is 10.6 Å². The lowest BCUT2D eigenvalue weighted by molar-refractivity contribution is -0.113. The van der Waals surface area contributed by atoms with Gasteiger partial charge in [0, 0.05) is 26.8 Å². The molecule has 1 aromatic heterocycles. The second-order valence-electron chi connectivity index (χ2n) is 7.15. The number of anilines is 1. The number of hydrogen-bond acceptors (Lipinski definition) is 4. The fraction of sp³-hybridized carbons (Fsp3) is 0.0370. The number of benzene rings is 3. The summed E-state index contributed by atoms with van der Waals surface area (Å²) >= 11 is 3.26. The van der Waals surface area contributed by atoms with Gasteiger partial charge in [0.15, 0.2) is 0 Å². The van der Waals surface area contributed by atoms with Gasteiger partial charge in [-0.05, 0) is 59.5 Å². The number of carbonyl (C=O) groups is 2. The van der Waals surface area contributed by atoms with Gasteiger partial charge < -0.3 is 10.6 Å². The summed E-state index contributed by atoms with van der Waals surface area (Å²) in [5.74, 6) is 0.135. The highest BCUT2D eigenvalue weighted by molar-refractivity contribution is 7.98. The molecule has 0 saturated carbocycles. The maximum atomic E-state index is 13.0. The molecule has 0 aliphatic rings. The summed E-state index contributed by atoms with van der Waals surface area (Å²) in [5.41, 5.74) is 2.51. The Labute approximate surface area is 201 Å². The molecule has 4 aromatic rings. The first-order valence-electron chi connectivity index (χ1n) is 10.4. The third-order valence-electron chi connectivity index (χ3n) is 4.72. The molecule has 33 heavy (non-hydrogen) atoms. The maximum absolute atomic E-state index is 13.0. The Hall–Kier alpha value is -3.61. The van der Waals surface area contributed by atoms with Crippen molar-refractivity contribution in [2.24, 2.45) is 0 Å². The summed E-state index contributed by atoms with van der Waals surface area (Å²) in [6.07, 6.45) is 1.69. The number of nitrogens with one attached hydrogen (secondary N) is 2. The van der Waals surface area contributed by atoms with Crippen molar-refractivity contribution in [3.8, 4) is 0 Å². The van der Waals surface area contributed by atoms with Crippen LogP contribution in [-0.4, -0.2) is 11.8 Å². The summed E-state index contributed by atoms with van der Waals surface area (Å²) < 4.78 is 0. The number of rotatable bonds is 8. The number of carbonyl (C=O) groups excluding carboxylic acids is 2. The van der Waals surface area contributed by atoms with Gasteiger partial charge in [0.05, 0.1) is 0 Å². The first kappa shape index (κ1) is 22.6. The van der Waals surface area contributed by atoms with Crippen molar-refractivity contribution in [2.75, 3.05) is 5.32 Å². The van der Waals surface area contributed by atoms with E-state index in [-0.39, 0.29) is 17.5 Å². The molecular formula is C27H22N2O2S2. The van der Waals surface area contributed by atoms with E-state index in [9.17, 15) is 9.59 Å². The zero-order chi connectivity index (χ0) is 22.9. The lowest BCUT2D eigenvalue weighted by Gasteiger charge is -2.11. The Morgan fingerprint density at radius 1 is 0.818 bits per heavy atom. The van der Waals surface area contributed by atoms with Gasteiger partial charge in [0.25, 0.3) is 11.8 Å². The van der Waals surface area contributed by atoms with E-state index >= 15 is 0 Å². The van der Waals surface area contributed by atoms with Crippen LogP contribution in [-0.2, 0) is 10.5 Å². The Morgan fingerprint density at radius 2 is 1.52 bits per heavy atom. The summed E-state index contributed by atoms with van der Waals surface area (Å²) in [7, 11) is 0. The Kier molecular flexibility index (Phi) is 7.74. The van der Waals surface area contributed by atoms with E-state index < -0.39 is 0 Å². The van der Waals surface area contributed by atoms with Gasteiger partial charge in [0.2, 0.25) is 0 Å². The van der Waals surface area contributed by atoms with Gasteiger partial charge in [-0.2, -0.15) is 0 Å². The van der Waals surface area contributed by atoms with Crippen LogP contribution >= 0.6 is 23.1 Å². The molecule has 0 radical (unpaired) electrons. The maximum Gasteiger partial charge on any atom is 0.272 e. The Bertz CT molecular complexity index is 1220. The van der Waals surface area contributed by atoms with Gasteiger partial charge in [0.1, 0.15) is 5.70 Å². The zero-order valence-electron chi connectivity index (χ0n) is 17.7. The molecule has 0 aliphatic heterocycles. The van der Waals surface area contributed by atoms with Crippen LogP contribution in [0.3, 0.4) is 0 Å². The lowest BCUT2D eigenvalue weighted by Crippen LogP contribution is -2.30. The van der Waals surface area contributed by atoms with Crippen LogP contribution in [0, 0.1) is 0 Å². The number of hydrogen-bond donors (Lipinski definition) is 2. The molecule has 0 fully saturated rings. The second-order valence-corrected chi connectivity index (χ2v) is 9.17. The lowest BCUT2D eigenvalue weighted by atomic mass is 10.2. The van der Waals surface area contributed by atoms with Crippen LogP contribution in [0.25, 0.3) is 6.08 Å². The van der Waals surface area contributed by atoms with E-state index in [1.165, 1.54) is 16.2 Å². The van der Waals surface area contributed by atoms with Gasteiger partial charge in [-0.25, -0.2) is 0 Å². The third kappa shape index (κ3) is 6.68. The molecule has 1 heterocycles. The first-order valence-corrected chi connectivity index (χ1v) is 12.2. The fourth-order valence-electron chi connectivity index (χ4n) is 3.02. The minimum Gasteiger partial charge on any atom is -0.321 e. The van der Waals surface area contributed by atoms with E-state index in [1.807, 2.05) is 66.0 Å². The van der Waals surface area contributed by atoms with Crippen LogP contribution < -0.4 is 10.6 Å². The molecule has 0 unspecified atom stereocenters. The Morgan fingerprint density at radius 3 is 2.18 bits per heavy atom. The number of thioether (sulfide) groups is 1. The van der Waals surface area contributed by atoms with Crippen molar-refractivity contribution in [3.05, 3.63) is 124 Å². The zero-order valence-corrected chi connectivity index (χ0v) is 19.4. The molecule has 0 spiro atoms. The van der Waals surface area contributed by atoms with Crippen LogP contribution in [0.5, 0.6) is 0 Å². The highest BCUT2D eigenvalue weighted by Crippen LogP contribution is 2.23. The molecule has 3 aromatic carbocycles. The van der Waals surface area contributed by atoms with Crippen molar-refractivity contribution < 1.29 is 9.59 Å². The summed E-state index contributed by atoms with van der Waals surface area (Å²) in [5, 5.41) is 7.57.